The highest BCUT2D eigenvalue weighted by molar-refractivity contribution is 6.30. The molecule has 0 unspecified atom stereocenters. The summed E-state index contributed by atoms with van der Waals surface area (Å²) in [7, 11) is 0. The maximum Gasteiger partial charge on any atom is 0.333 e. The molecule has 0 aliphatic carbocycles. The lowest BCUT2D eigenvalue weighted by molar-refractivity contribution is -0.137. The molecule has 0 aliphatic rings. The van der Waals surface area contributed by atoms with Crippen molar-refractivity contribution >= 4 is 23.4 Å². The molecule has 19 heavy (non-hydrogen) atoms. The molecule has 0 bridgehead atoms. The first-order valence-electron chi connectivity index (χ1n) is 5.32. The zero-order valence-electron chi connectivity index (χ0n) is 10.1. The number of oxime groups is 1. The fraction of sp³-hybridized carbons (Fsp3) is 0.167. The Labute approximate surface area is 114 Å². The molecule has 0 saturated heterocycles. The fourth-order valence-electron chi connectivity index (χ4n) is 1.11. The van der Waals surface area contributed by atoms with Crippen LogP contribution in [0.2, 0.25) is 5.02 Å². The van der Waals surface area contributed by atoms with Gasteiger partial charge >= 0.3 is 5.97 Å². The first-order valence-corrected chi connectivity index (χ1v) is 5.70. The van der Waals surface area contributed by atoms with Crippen molar-refractivity contribution in [3.8, 4) is 0 Å². The molecule has 5 nitrogen and oxygen atoms in total. The number of halogens is 2. The van der Waals surface area contributed by atoms with Gasteiger partial charge in [0.15, 0.2) is 5.84 Å². The predicted octanol–water partition coefficient (Wildman–Crippen LogP) is 2.19. The summed E-state index contributed by atoms with van der Waals surface area (Å²) in [5.41, 5.74) is 5.56. The zero-order valence-corrected chi connectivity index (χ0v) is 10.9. The Hall–Kier alpha value is -2.08. The molecular weight excluding hydrogens is 275 g/mol. The van der Waals surface area contributed by atoms with Gasteiger partial charge in [-0.15, -0.1) is 0 Å². The number of ether oxygens (including phenoxy) is 1. The Kier molecular flexibility index (Phi) is 5.81. The van der Waals surface area contributed by atoms with Crippen molar-refractivity contribution < 1.29 is 18.8 Å². The quantitative estimate of drug-likeness (QED) is 0.225. The monoisotopic (exact) mass is 286 g/mol. The Morgan fingerprint density at radius 1 is 1.58 bits per heavy atom. The molecule has 0 spiro atoms. The molecule has 0 radical (unpaired) electrons. The lowest BCUT2D eigenvalue weighted by Gasteiger charge is -2.01. The summed E-state index contributed by atoms with van der Waals surface area (Å²) in [6.07, 6.45) is 2.01. The molecule has 1 aromatic rings. The van der Waals surface area contributed by atoms with Gasteiger partial charge in [-0.25, -0.2) is 9.18 Å². The average Bonchev–Trinajstić information content (AvgIpc) is 2.34. The summed E-state index contributed by atoms with van der Waals surface area (Å²) in [5, 5.41) is 3.68. The third-order valence-corrected chi connectivity index (χ3v) is 2.14. The van der Waals surface area contributed by atoms with Gasteiger partial charge in [-0.3, -0.25) is 0 Å². The van der Waals surface area contributed by atoms with E-state index < -0.39 is 11.8 Å². The smallest absolute Gasteiger partial charge is 0.333 e. The van der Waals surface area contributed by atoms with Gasteiger partial charge in [-0.2, -0.15) is 0 Å². The normalized spacial score (nSPS) is 11.6. The van der Waals surface area contributed by atoms with Crippen LogP contribution < -0.4 is 5.73 Å². The van der Waals surface area contributed by atoms with Crippen molar-refractivity contribution in [2.75, 3.05) is 6.61 Å². The molecule has 0 aliphatic heterocycles. The van der Waals surface area contributed by atoms with E-state index in [0.29, 0.717) is 0 Å². The molecule has 0 heterocycles. The van der Waals surface area contributed by atoms with E-state index in [-0.39, 0.29) is 23.0 Å². The van der Waals surface area contributed by atoms with Gasteiger partial charge in [0, 0.05) is 5.02 Å². The van der Waals surface area contributed by atoms with Crippen LogP contribution in [0.25, 0.3) is 0 Å². The van der Waals surface area contributed by atoms with E-state index in [2.05, 4.69) is 14.7 Å². The minimum Gasteiger partial charge on any atom is -0.463 e. The number of nitrogens with zero attached hydrogens (tertiary/aromatic N) is 1. The summed E-state index contributed by atoms with van der Waals surface area (Å²) in [5.74, 6) is -1.37. The topological polar surface area (TPSA) is 73.9 Å². The first-order chi connectivity index (χ1) is 9.04. The highest BCUT2D eigenvalue weighted by atomic mass is 35.5. The second-order valence-corrected chi connectivity index (χ2v) is 3.70. The first kappa shape index (κ1) is 15.0. The minimum atomic E-state index is -0.619. The molecular formula is C12H12ClFN2O3. The molecule has 0 atom stereocenters. The van der Waals surface area contributed by atoms with Gasteiger partial charge < -0.3 is 15.3 Å². The highest BCUT2D eigenvalue weighted by Gasteiger charge is 2.07. The molecule has 2 N–H and O–H groups in total. The van der Waals surface area contributed by atoms with Gasteiger partial charge in [0.2, 0.25) is 0 Å². The van der Waals surface area contributed by atoms with Crippen molar-refractivity contribution in [2.24, 2.45) is 10.9 Å². The number of carbonyl (C=O) groups excluding carboxylic acids is 1. The highest BCUT2D eigenvalue weighted by Crippen LogP contribution is 2.14. The van der Waals surface area contributed by atoms with Crippen LogP contribution in [0.3, 0.4) is 0 Å². The number of esters is 1. The number of benzene rings is 1. The molecule has 7 heteroatoms. The lowest BCUT2D eigenvalue weighted by atomic mass is 10.2. The molecule has 0 aromatic heterocycles. The number of hydrogen-bond acceptors (Lipinski definition) is 4. The van der Waals surface area contributed by atoms with Gasteiger partial charge in [-0.05, 0) is 25.1 Å². The van der Waals surface area contributed by atoms with Gasteiger partial charge in [0.25, 0.3) is 0 Å². The maximum absolute atomic E-state index is 13.4. The Morgan fingerprint density at radius 3 is 2.95 bits per heavy atom. The summed E-state index contributed by atoms with van der Waals surface area (Å²) in [6.45, 7) is 1.93. The molecule has 0 fully saturated rings. The summed E-state index contributed by atoms with van der Waals surface area (Å²) >= 11 is 5.60. The van der Waals surface area contributed by atoms with Crippen LogP contribution in [0.5, 0.6) is 0 Å². The van der Waals surface area contributed by atoms with Crippen LogP contribution in [0.1, 0.15) is 12.5 Å². The van der Waals surface area contributed by atoms with Gasteiger partial charge in [0.1, 0.15) is 12.1 Å². The lowest BCUT2D eigenvalue weighted by Crippen LogP contribution is -2.15. The van der Waals surface area contributed by atoms with Gasteiger partial charge in [-0.1, -0.05) is 16.8 Å². The van der Waals surface area contributed by atoms with E-state index in [1.165, 1.54) is 12.1 Å². The standard InChI is InChI=1S/C12H12ClFN2O3/c1-2-18-11(17)5-6-19-16-12(15)9-4-3-8(13)7-10(9)14/h3-7H,2H2,1H3,(H2,15,16). The Morgan fingerprint density at radius 2 is 2.32 bits per heavy atom. The fourth-order valence-corrected chi connectivity index (χ4v) is 1.27. The Balaban J connectivity index is 2.64. The van der Waals surface area contributed by atoms with E-state index in [9.17, 15) is 9.18 Å². The second-order valence-electron chi connectivity index (χ2n) is 3.26. The number of rotatable bonds is 5. The number of nitrogens with two attached hydrogens (primary N) is 1. The molecule has 0 amide bonds. The van der Waals surface area contributed by atoms with Crippen molar-refractivity contribution in [2.45, 2.75) is 6.92 Å². The third-order valence-electron chi connectivity index (χ3n) is 1.91. The van der Waals surface area contributed by atoms with Crippen molar-refractivity contribution in [1.82, 2.24) is 0 Å². The van der Waals surface area contributed by atoms with Crippen molar-refractivity contribution in [3.05, 3.63) is 46.9 Å². The molecule has 102 valence electrons. The maximum atomic E-state index is 13.4. The van der Waals surface area contributed by atoms with E-state index in [1.807, 2.05) is 0 Å². The van der Waals surface area contributed by atoms with Crippen LogP contribution in [0.15, 0.2) is 35.7 Å². The Bertz CT molecular complexity index is 518. The van der Waals surface area contributed by atoms with Crippen molar-refractivity contribution in [3.63, 3.8) is 0 Å². The van der Waals surface area contributed by atoms with E-state index in [1.54, 1.807) is 6.92 Å². The SMILES string of the molecule is CCOC(=O)C=CON=C(N)c1ccc(Cl)cc1F. The summed E-state index contributed by atoms with van der Waals surface area (Å²) < 4.78 is 18.1. The molecule has 0 saturated carbocycles. The number of amidine groups is 1. The van der Waals surface area contributed by atoms with Crippen LogP contribution in [-0.2, 0) is 14.4 Å². The average molecular weight is 287 g/mol. The van der Waals surface area contributed by atoms with Crippen LogP contribution in [0.4, 0.5) is 4.39 Å². The minimum absolute atomic E-state index is 0.0499. The third kappa shape index (κ3) is 4.97. The summed E-state index contributed by atoms with van der Waals surface area (Å²) in [6, 6.07) is 3.94. The molecule has 1 rings (SSSR count). The predicted molar refractivity (Wildman–Crippen MR) is 69.0 cm³/mol. The largest absolute Gasteiger partial charge is 0.463 e. The summed E-state index contributed by atoms with van der Waals surface area (Å²) in [4.78, 5) is 15.5. The molecule has 1 aromatic carbocycles. The van der Waals surface area contributed by atoms with E-state index in [4.69, 9.17) is 17.3 Å². The number of hydrogen-bond donors (Lipinski definition) is 1. The van der Waals surface area contributed by atoms with E-state index in [0.717, 1.165) is 18.4 Å². The van der Waals surface area contributed by atoms with Crippen LogP contribution >= 0.6 is 11.6 Å². The van der Waals surface area contributed by atoms with E-state index >= 15 is 0 Å². The van der Waals surface area contributed by atoms with Crippen LogP contribution in [0, 0.1) is 5.82 Å². The zero-order chi connectivity index (χ0) is 14.3. The van der Waals surface area contributed by atoms with Crippen LogP contribution in [-0.4, -0.2) is 18.4 Å². The second kappa shape index (κ2) is 7.38. The van der Waals surface area contributed by atoms with Gasteiger partial charge in [0.05, 0.1) is 18.2 Å². The van der Waals surface area contributed by atoms with Crippen molar-refractivity contribution in [1.29, 1.82) is 0 Å². The number of carbonyl (C=O) groups is 1.